The number of aliphatic hydroxyl groups is 1. The van der Waals surface area contributed by atoms with Crippen molar-refractivity contribution in [1.29, 1.82) is 0 Å². The van der Waals surface area contributed by atoms with Gasteiger partial charge in [0, 0.05) is 26.2 Å². The van der Waals surface area contributed by atoms with Gasteiger partial charge in [-0.3, -0.25) is 0 Å². The Morgan fingerprint density at radius 1 is 1.36 bits per heavy atom. The summed E-state index contributed by atoms with van der Waals surface area (Å²) >= 11 is 0. The minimum Gasteiger partial charge on any atom is -0.396 e. The molecule has 14 heavy (non-hydrogen) atoms. The van der Waals surface area contributed by atoms with Crippen LogP contribution in [-0.2, 0) is 0 Å². The zero-order chi connectivity index (χ0) is 10.4. The average molecular weight is 200 g/mol. The topological polar surface area (TPSA) is 26.7 Å². The third kappa shape index (κ3) is 3.56. The molecule has 0 aromatic carbocycles. The fourth-order valence-corrected chi connectivity index (χ4v) is 2.09. The lowest BCUT2D eigenvalue weighted by Crippen LogP contribution is -2.34. The molecule has 0 aliphatic carbocycles. The number of hydrogen-bond donors (Lipinski definition) is 1. The highest BCUT2D eigenvalue weighted by Gasteiger charge is 2.21. The molecule has 84 valence electrons. The van der Waals surface area contributed by atoms with Gasteiger partial charge in [-0.2, -0.15) is 0 Å². The molecule has 3 nitrogen and oxygen atoms in total. The Morgan fingerprint density at radius 3 is 2.57 bits per heavy atom. The molecule has 1 atom stereocenters. The van der Waals surface area contributed by atoms with Gasteiger partial charge in [0.05, 0.1) is 0 Å². The Balaban J connectivity index is 2.13. The minimum atomic E-state index is 0.363. The molecule has 0 amide bonds. The van der Waals surface area contributed by atoms with Crippen LogP contribution < -0.4 is 0 Å². The van der Waals surface area contributed by atoms with Crippen LogP contribution in [0.15, 0.2) is 0 Å². The maximum Gasteiger partial charge on any atom is 0.0471 e. The van der Waals surface area contributed by atoms with Gasteiger partial charge in [0.25, 0.3) is 0 Å². The van der Waals surface area contributed by atoms with Crippen LogP contribution in [0.1, 0.15) is 20.3 Å². The molecule has 1 N–H and O–H groups in total. The van der Waals surface area contributed by atoms with Gasteiger partial charge in [0.2, 0.25) is 0 Å². The first-order chi connectivity index (χ1) is 6.80. The van der Waals surface area contributed by atoms with Crippen molar-refractivity contribution in [2.75, 3.05) is 45.9 Å². The lowest BCUT2D eigenvalue weighted by Gasteiger charge is -2.22. The summed E-state index contributed by atoms with van der Waals surface area (Å²) < 4.78 is 0. The lowest BCUT2D eigenvalue weighted by molar-refractivity contribution is 0.207. The molecule has 1 aliphatic heterocycles. The van der Waals surface area contributed by atoms with Gasteiger partial charge in [-0.15, -0.1) is 0 Å². The molecule has 0 bridgehead atoms. The molecule has 1 rings (SSSR count). The Kier molecular flexibility index (Phi) is 5.45. The number of likely N-dealkylation sites (tertiary alicyclic amines) is 1. The number of likely N-dealkylation sites (N-methyl/N-ethyl adjacent to an activating group) is 1. The molecule has 0 aromatic rings. The molecular formula is C11H24N2O. The molecule has 0 saturated carbocycles. The van der Waals surface area contributed by atoms with Crippen LogP contribution in [0.4, 0.5) is 0 Å². The lowest BCUT2D eigenvalue weighted by atomic mass is 10.1. The van der Waals surface area contributed by atoms with Crippen molar-refractivity contribution >= 4 is 0 Å². The number of hydrogen-bond acceptors (Lipinski definition) is 3. The van der Waals surface area contributed by atoms with E-state index < -0.39 is 0 Å². The SMILES string of the molecule is CCN(CC)CCN1CCC(CO)C1. The third-order valence-electron chi connectivity index (χ3n) is 3.26. The van der Waals surface area contributed by atoms with Crippen LogP contribution in [0.3, 0.4) is 0 Å². The Morgan fingerprint density at radius 2 is 2.07 bits per heavy atom. The predicted octanol–water partition coefficient (Wildman–Crippen LogP) is 0.642. The molecule has 1 unspecified atom stereocenters. The first-order valence-electron chi connectivity index (χ1n) is 5.85. The molecule has 1 heterocycles. The third-order valence-corrected chi connectivity index (χ3v) is 3.26. The number of aliphatic hydroxyl groups excluding tert-OH is 1. The summed E-state index contributed by atoms with van der Waals surface area (Å²) in [6, 6.07) is 0. The summed E-state index contributed by atoms with van der Waals surface area (Å²) in [5.41, 5.74) is 0. The zero-order valence-electron chi connectivity index (χ0n) is 9.58. The highest BCUT2D eigenvalue weighted by atomic mass is 16.3. The van der Waals surface area contributed by atoms with Gasteiger partial charge in [0.15, 0.2) is 0 Å². The van der Waals surface area contributed by atoms with E-state index in [2.05, 4.69) is 23.6 Å². The Hall–Kier alpha value is -0.120. The van der Waals surface area contributed by atoms with Gasteiger partial charge in [-0.1, -0.05) is 13.8 Å². The molecular weight excluding hydrogens is 176 g/mol. The molecule has 0 spiro atoms. The summed E-state index contributed by atoms with van der Waals surface area (Å²) in [5, 5.41) is 9.02. The van der Waals surface area contributed by atoms with Crippen molar-refractivity contribution in [3.8, 4) is 0 Å². The van der Waals surface area contributed by atoms with Crippen molar-refractivity contribution in [3.05, 3.63) is 0 Å². The smallest absolute Gasteiger partial charge is 0.0471 e. The van der Waals surface area contributed by atoms with Gasteiger partial charge in [-0.05, 0) is 32.0 Å². The first-order valence-corrected chi connectivity index (χ1v) is 5.85. The second-order valence-electron chi connectivity index (χ2n) is 4.16. The fourth-order valence-electron chi connectivity index (χ4n) is 2.09. The van der Waals surface area contributed by atoms with Gasteiger partial charge < -0.3 is 14.9 Å². The summed E-state index contributed by atoms with van der Waals surface area (Å²) in [5.74, 6) is 0.534. The molecule has 3 heteroatoms. The van der Waals surface area contributed by atoms with Gasteiger partial charge in [0.1, 0.15) is 0 Å². The van der Waals surface area contributed by atoms with Crippen molar-refractivity contribution in [2.45, 2.75) is 20.3 Å². The van der Waals surface area contributed by atoms with E-state index in [9.17, 15) is 0 Å². The fraction of sp³-hybridized carbons (Fsp3) is 1.00. The highest BCUT2D eigenvalue weighted by Crippen LogP contribution is 2.14. The van der Waals surface area contributed by atoms with E-state index in [0.717, 1.165) is 26.2 Å². The maximum atomic E-state index is 9.02. The van der Waals surface area contributed by atoms with Crippen molar-refractivity contribution in [1.82, 2.24) is 9.80 Å². The van der Waals surface area contributed by atoms with E-state index in [4.69, 9.17) is 5.11 Å². The van der Waals surface area contributed by atoms with E-state index >= 15 is 0 Å². The predicted molar refractivity (Wildman–Crippen MR) is 59.4 cm³/mol. The van der Waals surface area contributed by atoms with E-state index in [-0.39, 0.29) is 0 Å². The molecule has 1 saturated heterocycles. The quantitative estimate of drug-likeness (QED) is 0.682. The molecule has 0 aromatic heterocycles. The van der Waals surface area contributed by atoms with Crippen molar-refractivity contribution < 1.29 is 5.11 Å². The second kappa shape index (κ2) is 6.38. The van der Waals surface area contributed by atoms with Crippen LogP contribution in [-0.4, -0.2) is 60.8 Å². The Bertz CT molecular complexity index is 148. The maximum absolute atomic E-state index is 9.02. The van der Waals surface area contributed by atoms with E-state index in [1.165, 1.54) is 19.5 Å². The number of rotatable bonds is 6. The van der Waals surface area contributed by atoms with Crippen LogP contribution in [0.5, 0.6) is 0 Å². The normalized spacial score (nSPS) is 23.6. The van der Waals surface area contributed by atoms with E-state index in [0.29, 0.717) is 12.5 Å². The largest absolute Gasteiger partial charge is 0.396 e. The second-order valence-corrected chi connectivity index (χ2v) is 4.16. The summed E-state index contributed by atoms with van der Waals surface area (Å²) in [7, 11) is 0. The summed E-state index contributed by atoms with van der Waals surface area (Å²) in [6.07, 6.45) is 1.18. The minimum absolute atomic E-state index is 0.363. The van der Waals surface area contributed by atoms with Gasteiger partial charge in [-0.25, -0.2) is 0 Å². The van der Waals surface area contributed by atoms with Crippen LogP contribution in [0.25, 0.3) is 0 Å². The zero-order valence-corrected chi connectivity index (χ0v) is 9.58. The molecule has 0 radical (unpaired) electrons. The van der Waals surface area contributed by atoms with Crippen LogP contribution >= 0.6 is 0 Å². The molecule has 1 aliphatic rings. The number of nitrogens with zero attached hydrogens (tertiary/aromatic N) is 2. The monoisotopic (exact) mass is 200 g/mol. The molecule has 1 fully saturated rings. The summed E-state index contributed by atoms with van der Waals surface area (Å²) in [4.78, 5) is 4.92. The van der Waals surface area contributed by atoms with Gasteiger partial charge >= 0.3 is 0 Å². The van der Waals surface area contributed by atoms with Crippen molar-refractivity contribution in [2.24, 2.45) is 5.92 Å². The van der Waals surface area contributed by atoms with Crippen LogP contribution in [0.2, 0.25) is 0 Å². The van der Waals surface area contributed by atoms with Crippen LogP contribution in [0, 0.1) is 5.92 Å². The summed E-state index contributed by atoms with van der Waals surface area (Å²) in [6.45, 7) is 11.7. The van der Waals surface area contributed by atoms with E-state index in [1.807, 2.05) is 0 Å². The van der Waals surface area contributed by atoms with Crippen molar-refractivity contribution in [3.63, 3.8) is 0 Å². The Labute approximate surface area is 87.7 Å². The average Bonchev–Trinajstić information content (AvgIpc) is 2.67. The van der Waals surface area contributed by atoms with E-state index in [1.54, 1.807) is 0 Å². The standard InChI is InChI=1S/C11H24N2O/c1-3-12(4-2)7-8-13-6-5-11(9-13)10-14/h11,14H,3-10H2,1-2H3. The highest BCUT2D eigenvalue weighted by molar-refractivity contribution is 4.75. The first kappa shape index (κ1) is 12.0.